The summed E-state index contributed by atoms with van der Waals surface area (Å²) in [6.07, 6.45) is 1.54. The second-order valence-corrected chi connectivity index (χ2v) is 10.2. The minimum atomic E-state index is -3.37. The van der Waals surface area contributed by atoms with Crippen molar-refractivity contribution in [2.45, 2.75) is 25.5 Å². The standard InChI is InChI=1S/C23H27N3O5S/c1-32(29,30)25-13-7-10-18(15-25)23(28)26-16-21(31-20-12-6-5-11-19(20)26)22(27)24-14-17-8-3-2-4-9-17/h2-6,8-9,11-12,18,21H,7,10,13-16H2,1H3,(H,24,27)/t18-,21+/m0/s1. The average molecular weight is 458 g/mol. The Morgan fingerprint density at radius 2 is 1.78 bits per heavy atom. The van der Waals surface area contributed by atoms with Crippen LogP contribution in [-0.2, 0) is 26.2 Å². The number of nitrogens with one attached hydrogen (secondary N) is 1. The summed E-state index contributed by atoms with van der Waals surface area (Å²) in [5.74, 6) is -0.488. The van der Waals surface area contributed by atoms with E-state index in [1.807, 2.05) is 36.4 Å². The minimum absolute atomic E-state index is 0.0752. The van der Waals surface area contributed by atoms with E-state index in [2.05, 4.69) is 5.32 Å². The van der Waals surface area contributed by atoms with Gasteiger partial charge in [0.25, 0.3) is 5.91 Å². The Morgan fingerprint density at radius 1 is 1.06 bits per heavy atom. The molecule has 2 heterocycles. The first kappa shape index (κ1) is 22.3. The van der Waals surface area contributed by atoms with E-state index in [4.69, 9.17) is 4.74 Å². The second kappa shape index (κ2) is 9.30. The van der Waals surface area contributed by atoms with Crippen LogP contribution in [-0.4, -0.2) is 56.5 Å². The maximum atomic E-state index is 13.5. The predicted molar refractivity (Wildman–Crippen MR) is 121 cm³/mol. The number of ether oxygens (including phenoxy) is 1. The molecule has 8 nitrogen and oxygen atoms in total. The van der Waals surface area contributed by atoms with Crippen molar-refractivity contribution in [1.82, 2.24) is 9.62 Å². The third-order valence-corrected chi connectivity index (χ3v) is 7.11. The number of sulfonamides is 1. The van der Waals surface area contributed by atoms with Crippen LogP contribution in [0, 0.1) is 5.92 Å². The lowest BCUT2D eigenvalue weighted by atomic mass is 9.97. The third kappa shape index (κ3) is 4.94. The maximum Gasteiger partial charge on any atom is 0.263 e. The summed E-state index contributed by atoms with van der Waals surface area (Å²) in [6, 6.07) is 16.7. The van der Waals surface area contributed by atoms with E-state index >= 15 is 0 Å². The van der Waals surface area contributed by atoms with Crippen LogP contribution in [0.1, 0.15) is 18.4 Å². The summed E-state index contributed by atoms with van der Waals surface area (Å²) in [7, 11) is -3.37. The van der Waals surface area contributed by atoms with Crippen molar-refractivity contribution < 1.29 is 22.7 Å². The Bertz CT molecular complexity index is 1090. The minimum Gasteiger partial charge on any atom is -0.477 e. The summed E-state index contributed by atoms with van der Waals surface area (Å²) in [5.41, 5.74) is 1.56. The van der Waals surface area contributed by atoms with Gasteiger partial charge in [0.15, 0.2) is 6.10 Å². The van der Waals surface area contributed by atoms with Gasteiger partial charge in [-0.15, -0.1) is 0 Å². The summed E-state index contributed by atoms with van der Waals surface area (Å²) < 4.78 is 31.2. The van der Waals surface area contributed by atoms with Gasteiger partial charge in [-0.2, -0.15) is 0 Å². The van der Waals surface area contributed by atoms with Gasteiger partial charge in [-0.3, -0.25) is 9.59 Å². The topological polar surface area (TPSA) is 96.0 Å². The van der Waals surface area contributed by atoms with Crippen molar-refractivity contribution in [3.8, 4) is 5.75 Å². The number of benzene rings is 2. The first-order valence-corrected chi connectivity index (χ1v) is 12.5. The van der Waals surface area contributed by atoms with Crippen molar-refractivity contribution in [1.29, 1.82) is 0 Å². The van der Waals surface area contributed by atoms with E-state index in [-0.39, 0.29) is 24.9 Å². The maximum absolute atomic E-state index is 13.5. The molecule has 0 aliphatic carbocycles. The van der Waals surface area contributed by atoms with Gasteiger partial charge in [0.05, 0.1) is 24.4 Å². The monoisotopic (exact) mass is 457 g/mol. The van der Waals surface area contributed by atoms with Crippen LogP contribution >= 0.6 is 0 Å². The van der Waals surface area contributed by atoms with Gasteiger partial charge in [0.1, 0.15) is 5.75 Å². The summed E-state index contributed by atoms with van der Waals surface area (Å²) in [6.45, 7) is 1.02. The van der Waals surface area contributed by atoms with Gasteiger partial charge in [0.2, 0.25) is 15.9 Å². The number of para-hydroxylation sites is 2. The highest BCUT2D eigenvalue weighted by molar-refractivity contribution is 7.88. The van der Waals surface area contributed by atoms with E-state index in [1.54, 1.807) is 23.1 Å². The number of rotatable bonds is 5. The number of amides is 2. The summed E-state index contributed by atoms with van der Waals surface area (Å²) >= 11 is 0. The molecule has 2 aliphatic rings. The molecule has 4 rings (SSSR count). The third-order valence-electron chi connectivity index (χ3n) is 5.84. The van der Waals surface area contributed by atoms with Crippen LogP contribution in [0.15, 0.2) is 54.6 Å². The molecule has 0 radical (unpaired) electrons. The zero-order chi connectivity index (χ0) is 22.7. The van der Waals surface area contributed by atoms with Gasteiger partial charge in [-0.25, -0.2) is 12.7 Å². The zero-order valence-corrected chi connectivity index (χ0v) is 18.8. The molecule has 1 saturated heterocycles. The normalized spacial score (nSPS) is 21.3. The molecule has 0 unspecified atom stereocenters. The van der Waals surface area contributed by atoms with E-state index in [9.17, 15) is 18.0 Å². The molecular formula is C23H27N3O5S. The highest BCUT2D eigenvalue weighted by Gasteiger charge is 2.38. The molecule has 0 spiro atoms. The van der Waals surface area contributed by atoms with E-state index < -0.39 is 22.0 Å². The number of carbonyl (C=O) groups is 2. The Morgan fingerprint density at radius 3 is 2.53 bits per heavy atom. The Balaban J connectivity index is 1.51. The van der Waals surface area contributed by atoms with Crippen molar-refractivity contribution in [2.24, 2.45) is 5.92 Å². The van der Waals surface area contributed by atoms with E-state index in [1.165, 1.54) is 4.31 Å². The first-order chi connectivity index (χ1) is 15.3. The largest absolute Gasteiger partial charge is 0.477 e. The van der Waals surface area contributed by atoms with Crippen LogP contribution in [0.4, 0.5) is 5.69 Å². The lowest BCUT2D eigenvalue weighted by Crippen LogP contribution is -2.53. The molecule has 9 heteroatoms. The predicted octanol–water partition coefficient (Wildman–Crippen LogP) is 1.77. The molecule has 2 amide bonds. The molecule has 2 atom stereocenters. The number of hydrogen-bond donors (Lipinski definition) is 1. The molecule has 0 aromatic heterocycles. The molecule has 0 bridgehead atoms. The first-order valence-electron chi connectivity index (χ1n) is 10.7. The molecule has 2 aromatic carbocycles. The fourth-order valence-corrected chi connectivity index (χ4v) is 5.06. The van der Waals surface area contributed by atoms with Crippen LogP contribution < -0.4 is 15.0 Å². The van der Waals surface area contributed by atoms with Gasteiger partial charge in [0, 0.05) is 19.6 Å². The van der Waals surface area contributed by atoms with Gasteiger partial charge in [-0.1, -0.05) is 42.5 Å². The molecule has 32 heavy (non-hydrogen) atoms. The molecular weight excluding hydrogens is 430 g/mol. The highest BCUT2D eigenvalue weighted by atomic mass is 32.2. The number of carbonyl (C=O) groups excluding carboxylic acids is 2. The van der Waals surface area contributed by atoms with Crippen LogP contribution in [0.2, 0.25) is 0 Å². The lowest BCUT2D eigenvalue weighted by Gasteiger charge is -2.38. The van der Waals surface area contributed by atoms with Gasteiger partial charge in [-0.05, 0) is 30.5 Å². The SMILES string of the molecule is CS(=O)(=O)N1CCC[C@H](C(=O)N2C[C@H](C(=O)NCc3ccccc3)Oc3ccccc32)C1. The van der Waals surface area contributed by atoms with Gasteiger partial charge < -0.3 is 15.0 Å². The van der Waals surface area contributed by atoms with Crippen molar-refractivity contribution >= 4 is 27.5 Å². The molecule has 1 fully saturated rings. The van der Waals surface area contributed by atoms with Crippen molar-refractivity contribution in [3.63, 3.8) is 0 Å². The van der Waals surface area contributed by atoms with Crippen LogP contribution in [0.25, 0.3) is 0 Å². The molecule has 170 valence electrons. The molecule has 1 N–H and O–H groups in total. The molecule has 2 aliphatic heterocycles. The van der Waals surface area contributed by atoms with Crippen LogP contribution in [0.5, 0.6) is 5.75 Å². The molecule has 0 saturated carbocycles. The second-order valence-electron chi connectivity index (χ2n) is 8.19. The highest BCUT2D eigenvalue weighted by Crippen LogP contribution is 2.35. The summed E-state index contributed by atoms with van der Waals surface area (Å²) in [5, 5.41) is 2.88. The number of anilines is 1. The quantitative estimate of drug-likeness (QED) is 0.738. The lowest BCUT2D eigenvalue weighted by molar-refractivity contribution is -0.129. The number of piperidine rings is 1. The number of nitrogens with zero attached hydrogens (tertiary/aromatic N) is 2. The number of hydrogen-bond acceptors (Lipinski definition) is 5. The fraction of sp³-hybridized carbons (Fsp3) is 0.391. The summed E-state index contributed by atoms with van der Waals surface area (Å²) in [4.78, 5) is 27.9. The van der Waals surface area contributed by atoms with Crippen molar-refractivity contribution in [3.05, 3.63) is 60.2 Å². The Kier molecular flexibility index (Phi) is 6.48. The van der Waals surface area contributed by atoms with E-state index in [0.717, 1.165) is 11.8 Å². The Labute approximate surface area is 188 Å². The molecule has 2 aromatic rings. The van der Waals surface area contributed by atoms with Crippen LogP contribution in [0.3, 0.4) is 0 Å². The average Bonchev–Trinajstić information content (AvgIpc) is 2.81. The number of fused-ring (bicyclic) bond motifs is 1. The Hall–Kier alpha value is -2.91. The fourth-order valence-electron chi connectivity index (χ4n) is 4.14. The zero-order valence-electron chi connectivity index (χ0n) is 17.9. The van der Waals surface area contributed by atoms with E-state index in [0.29, 0.717) is 37.4 Å². The van der Waals surface area contributed by atoms with Gasteiger partial charge >= 0.3 is 0 Å². The van der Waals surface area contributed by atoms with Crippen molar-refractivity contribution in [2.75, 3.05) is 30.8 Å². The smallest absolute Gasteiger partial charge is 0.263 e.